The Bertz CT molecular complexity index is 1130. The number of hydrogen-bond donors (Lipinski definition) is 1. The van der Waals surface area contributed by atoms with Crippen molar-refractivity contribution in [2.75, 3.05) is 52.3 Å². The number of carbonyl (C=O) groups is 2. The maximum Gasteiger partial charge on any atom is 0.295 e. The molecule has 3 rings (SSSR count). The molecule has 1 amide bonds. The van der Waals surface area contributed by atoms with Gasteiger partial charge in [0.15, 0.2) is 0 Å². The van der Waals surface area contributed by atoms with E-state index in [4.69, 9.17) is 4.74 Å². The van der Waals surface area contributed by atoms with Crippen molar-refractivity contribution < 1.29 is 19.4 Å². The molecule has 7 nitrogen and oxygen atoms in total. The molecule has 1 fully saturated rings. The van der Waals surface area contributed by atoms with Gasteiger partial charge in [-0.3, -0.25) is 9.59 Å². The van der Waals surface area contributed by atoms with Gasteiger partial charge in [-0.1, -0.05) is 26.0 Å². The zero-order valence-electron chi connectivity index (χ0n) is 23.2. The van der Waals surface area contributed by atoms with Crippen LogP contribution >= 0.6 is 0 Å². The predicted octanol–water partition coefficient (Wildman–Crippen LogP) is 5.04. The lowest BCUT2D eigenvalue weighted by Crippen LogP contribution is -2.32. The smallest absolute Gasteiger partial charge is 0.295 e. The summed E-state index contributed by atoms with van der Waals surface area (Å²) in [6.07, 6.45) is 0.716. The van der Waals surface area contributed by atoms with Gasteiger partial charge in [-0.15, -0.1) is 0 Å². The number of anilines is 1. The lowest BCUT2D eigenvalue weighted by molar-refractivity contribution is -0.139. The number of Topliss-reactive ketones (excluding diaryl/α,β-unsaturated/α-hetero) is 1. The summed E-state index contributed by atoms with van der Waals surface area (Å²) in [5, 5.41) is 11.5. The Balaban J connectivity index is 2.13. The molecule has 0 aromatic heterocycles. The number of rotatable bonds is 11. The van der Waals surface area contributed by atoms with E-state index < -0.39 is 17.7 Å². The zero-order chi connectivity index (χ0) is 27.3. The molecule has 1 aliphatic heterocycles. The second kappa shape index (κ2) is 12.3. The molecule has 0 bridgehead atoms. The quantitative estimate of drug-likeness (QED) is 0.261. The number of benzene rings is 2. The van der Waals surface area contributed by atoms with E-state index in [1.165, 1.54) is 0 Å². The van der Waals surface area contributed by atoms with Gasteiger partial charge in [-0.25, -0.2) is 0 Å². The molecule has 7 heteroatoms. The maximum absolute atomic E-state index is 13.4. The fourth-order valence-electron chi connectivity index (χ4n) is 4.96. The van der Waals surface area contributed by atoms with Crippen LogP contribution in [0.25, 0.3) is 5.76 Å². The van der Waals surface area contributed by atoms with E-state index in [1.54, 1.807) is 24.1 Å². The maximum atomic E-state index is 13.4. The molecular weight excluding hydrogens is 466 g/mol. The van der Waals surface area contributed by atoms with E-state index in [-0.39, 0.29) is 17.3 Å². The van der Waals surface area contributed by atoms with Gasteiger partial charge in [0, 0.05) is 30.9 Å². The van der Waals surface area contributed by atoms with E-state index in [0.717, 1.165) is 42.2 Å². The molecule has 1 unspecified atom stereocenters. The molecule has 200 valence electrons. The number of carbonyl (C=O) groups excluding carboxylic acids is 2. The van der Waals surface area contributed by atoms with Crippen LogP contribution in [0.1, 0.15) is 62.8 Å². The van der Waals surface area contributed by atoms with Crippen molar-refractivity contribution in [1.82, 2.24) is 9.80 Å². The normalized spacial score (nSPS) is 17.2. The summed E-state index contributed by atoms with van der Waals surface area (Å²) in [4.78, 5) is 32.5. The number of ether oxygens (including phenoxy) is 1. The summed E-state index contributed by atoms with van der Waals surface area (Å²) in [7, 11) is 5.57. The van der Waals surface area contributed by atoms with Crippen molar-refractivity contribution in [3.05, 3.63) is 64.7 Å². The van der Waals surface area contributed by atoms with E-state index in [1.807, 2.05) is 58.3 Å². The summed E-state index contributed by atoms with van der Waals surface area (Å²) >= 11 is 0. The monoisotopic (exact) mass is 507 g/mol. The fraction of sp³-hybridized carbons (Fsp3) is 0.467. The number of nitrogens with zero attached hydrogens (tertiary/aromatic N) is 3. The van der Waals surface area contributed by atoms with Crippen molar-refractivity contribution in [3.8, 4) is 5.75 Å². The van der Waals surface area contributed by atoms with Crippen LogP contribution in [0.3, 0.4) is 0 Å². The Morgan fingerprint density at radius 1 is 1.05 bits per heavy atom. The molecule has 0 radical (unpaired) electrons. The molecule has 37 heavy (non-hydrogen) atoms. The van der Waals surface area contributed by atoms with E-state index in [9.17, 15) is 14.7 Å². The van der Waals surface area contributed by atoms with Gasteiger partial charge in [0.2, 0.25) is 0 Å². The van der Waals surface area contributed by atoms with Gasteiger partial charge in [0.25, 0.3) is 11.7 Å². The third kappa shape index (κ3) is 5.99. The molecule has 2 aromatic carbocycles. The zero-order valence-corrected chi connectivity index (χ0v) is 23.2. The standard InChI is InChI=1S/C30H41N3O4/c1-8-32(9-2)23-14-11-21(12-15-23)27-26(29(35)30(36)33(27)18-10-17-31(5)6)28(34)22-13-16-25(37-7)24(19-22)20(3)4/h11-16,19-20,27,34H,8-10,17-18H2,1-7H3/b28-26-. The van der Waals surface area contributed by atoms with Crippen LogP contribution in [0.5, 0.6) is 5.75 Å². The van der Waals surface area contributed by atoms with E-state index >= 15 is 0 Å². The van der Waals surface area contributed by atoms with Crippen LogP contribution < -0.4 is 9.64 Å². The Labute approximate surface area is 221 Å². The number of hydrogen-bond acceptors (Lipinski definition) is 6. The first kappa shape index (κ1) is 28.3. The van der Waals surface area contributed by atoms with Gasteiger partial charge in [0.1, 0.15) is 11.5 Å². The van der Waals surface area contributed by atoms with Crippen LogP contribution in [0.15, 0.2) is 48.0 Å². The van der Waals surface area contributed by atoms with Crippen LogP contribution in [-0.4, -0.2) is 74.0 Å². The fourth-order valence-corrected chi connectivity index (χ4v) is 4.96. The Morgan fingerprint density at radius 2 is 1.70 bits per heavy atom. The molecule has 0 saturated carbocycles. The van der Waals surface area contributed by atoms with Crippen LogP contribution in [-0.2, 0) is 9.59 Å². The third-order valence-corrected chi connectivity index (χ3v) is 7.01. The lowest BCUT2D eigenvalue weighted by Gasteiger charge is -2.27. The van der Waals surface area contributed by atoms with Gasteiger partial charge in [-0.2, -0.15) is 0 Å². The van der Waals surface area contributed by atoms with Crippen molar-refractivity contribution in [3.63, 3.8) is 0 Å². The van der Waals surface area contributed by atoms with Crippen molar-refractivity contribution in [2.24, 2.45) is 0 Å². The van der Waals surface area contributed by atoms with Gasteiger partial charge in [-0.05, 0) is 88.3 Å². The number of likely N-dealkylation sites (tertiary alicyclic amines) is 1. The summed E-state index contributed by atoms with van der Waals surface area (Å²) in [5.41, 5.74) is 3.44. The first-order valence-corrected chi connectivity index (χ1v) is 13.1. The Hall–Kier alpha value is -3.32. The summed E-state index contributed by atoms with van der Waals surface area (Å²) in [6.45, 7) is 11.3. The number of ketones is 1. The molecule has 1 atom stereocenters. The highest BCUT2D eigenvalue weighted by atomic mass is 16.5. The molecule has 1 saturated heterocycles. The third-order valence-electron chi connectivity index (χ3n) is 7.01. The topological polar surface area (TPSA) is 73.3 Å². The molecule has 0 spiro atoms. The first-order valence-electron chi connectivity index (χ1n) is 13.1. The van der Waals surface area contributed by atoms with E-state index in [2.05, 4.69) is 23.6 Å². The minimum Gasteiger partial charge on any atom is -0.507 e. The SMILES string of the molecule is CCN(CC)c1ccc(C2/C(=C(/O)c3ccc(OC)c(C(C)C)c3)C(=O)C(=O)N2CCCN(C)C)cc1. The highest BCUT2D eigenvalue weighted by Gasteiger charge is 2.45. The Kier molecular flexibility index (Phi) is 9.38. The van der Waals surface area contributed by atoms with Crippen molar-refractivity contribution in [1.29, 1.82) is 0 Å². The average Bonchev–Trinajstić information content (AvgIpc) is 3.13. The minimum atomic E-state index is -0.655. The summed E-state index contributed by atoms with van der Waals surface area (Å²) < 4.78 is 5.49. The van der Waals surface area contributed by atoms with Crippen LogP contribution in [0.2, 0.25) is 0 Å². The average molecular weight is 508 g/mol. The highest BCUT2D eigenvalue weighted by molar-refractivity contribution is 6.46. The second-order valence-corrected chi connectivity index (χ2v) is 10.0. The first-order chi connectivity index (χ1) is 17.6. The molecule has 1 N–H and O–H groups in total. The molecule has 2 aromatic rings. The van der Waals surface area contributed by atoms with Gasteiger partial charge in [0.05, 0.1) is 18.7 Å². The Morgan fingerprint density at radius 3 is 2.24 bits per heavy atom. The van der Waals surface area contributed by atoms with E-state index in [0.29, 0.717) is 18.5 Å². The number of aliphatic hydroxyl groups is 1. The number of aliphatic hydroxyl groups excluding tert-OH is 1. The minimum absolute atomic E-state index is 0.130. The highest BCUT2D eigenvalue weighted by Crippen LogP contribution is 2.41. The summed E-state index contributed by atoms with van der Waals surface area (Å²) in [5.74, 6) is -0.507. The van der Waals surface area contributed by atoms with Crippen molar-refractivity contribution in [2.45, 2.75) is 46.1 Å². The number of methoxy groups -OCH3 is 1. The predicted molar refractivity (Wildman–Crippen MR) is 149 cm³/mol. The van der Waals surface area contributed by atoms with Crippen LogP contribution in [0.4, 0.5) is 5.69 Å². The molecule has 1 heterocycles. The second-order valence-electron chi connectivity index (χ2n) is 10.0. The molecular formula is C30H41N3O4. The number of amides is 1. The molecule has 1 aliphatic rings. The van der Waals surface area contributed by atoms with Gasteiger partial charge < -0.3 is 24.5 Å². The van der Waals surface area contributed by atoms with Gasteiger partial charge >= 0.3 is 0 Å². The van der Waals surface area contributed by atoms with Crippen molar-refractivity contribution >= 4 is 23.1 Å². The van der Waals surface area contributed by atoms with Crippen LogP contribution in [0, 0.1) is 0 Å². The summed E-state index contributed by atoms with van der Waals surface area (Å²) in [6, 6.07) is 12.7. The lowest BCUT2D eigenvalue weighted by atomic mass is 9.93. The largest absolute Gasteiger partial charge is 0.507 e. The molecule has 0 aliphatic carbocycles.